The van der Waals surface area contributed by atoms with E-state index in [1.165, 1.54) is 12.1 Å². The second kappa shape index (κ2) is 4.20. The number of hydrogen-bond acceptors (Lipinski definition) is 1. The molecule has 0 aliphatic rings. The maximum absolute atomic E-state index is 12.8. The molecular formula is C10H12BrFO. The Labute approximate surface area is 85.7 Å². The Morgan fingerprint density at radius 3 is 2.54 bits per heavy atom. The van der Waals surface area contributed by atoms with Gasteiger partial charge in [0.05, 0.1) is 6.10 Å². The van der Waals surface area contributed by atoms with Crippen LogP contribution >= 0.6 is 15.9 Å². The molecule has 0 saturated carbocycles. The lowest BCUT2D eigenvalue weighted by atomic mass is 9.99. The number of benzene rings is 1. The van der Waals surface area contributed by atoms with E-state index in [-0.39, 0.29) is 11.7 Å². The van der Waals surface area contributed by atoms with Gasteiger partial charge in [-0.25, -0.2) is 4.39 Å². The predicted molar refractivity (Wildman–Crippen MR) is 53.9 cm³/mol. The van der Waals surface area contributed by atoms with Crippen molar-refractivity contribution in [2.45, 2.75) is 20.0 Å². The van der Waals surface area contributed by atoms with Gasteiger partial charge in [-0.05, 0) is 29.7 Å². The number of rotatable bonds is 2. The number of hydrogen-bond donors (Lipinski definition) is 1. The lowest BCUT2D eigenvalue weighted by Gasteiger charge is -2.16. The van der Waals surface area contributed by atoms with E-state index in [9.17, 15) is 9.50 Å². The smallest absolute Gasteiger partial charge is 0.123 e. The molecule has 1 unspecified atom stereocenters. The molecule has 1 atom stereocenters. The van der Waals surface area contributed by atoms with Gasteiger partial charge >= 0.3 is 0 Å². The second-order valence-electron chi connectivity index (χ2n) is 3.35. The molecule has 0 saturated heterocycles. The molecule has 0 aliphatic heterocycles. The first-order valence-corrected chi connectivity index (χ1v) is 4.94. The topological polar surface area (TPSA) is 20.2 Å². The molecule has 0 bridgehead atoms. The summed E-state index contributed by atoms with van der Waals surface area (Å²) in [6, 6.07) is 4.33. The van der Waals surface area contributed by atoms with Crippen molar-refractivity contribution < 1.29 is 9.50 Å². The molecule has 0 spiro atoms. The van der Waals surface area contributed by atoms with Crippen molar-refractivity contribution in [1.29, 1.82) is 0 Å². The summed E-state index contributed by atoms with van der Waals surface area (Å²) >= 11 is 3.27. The third-order valence-corrected chi connectivity index (χ3v) is 2.63. The van der Waals surface area contributed by atoms with E-state index in [1.807, 2.05) is 13.8 Å². The Hall–Kier alpha value is -0.410. The Balaban J connectivity index is 3.05. The van der Waals surface area contributed by atoms with E-state index in [2.05, 4.69) is 15.9 Å². The molecule has 1 aromatic carbocycles. The molecule has 1 nitrogen and oxygen atoms in total. The van der Waals surface area contributed by atoms with Crippen LogP contribution in [0.1, 0.15) is 25.5 Å². The minimum Gasteiger partial charge on any atom is -0.388 e. The van der Waals surface area contributed by atoms with Gasteiger partial charge in [0.15, 0.2) is 0 Å². The van der Waals surface area contributed by atoms with Crippen LogP contribution < -0.4 is 0 Å². The van der Waals surface area contributed by atoms with Gasteiger partial charge in [-0.1, -0.05) is 29.8 Å². The van der Waals surface area contributed by atoms with Crippen molar-refractivity contribution >= 4 is 15.9 Å². The van der Waals surface area contributed by atoms with Crippen LogP contribution in [0.4, 0.5) is 4.39 Å². The van der Waals surface area contributed by atoms with Gasteiger partial charge in [0.25, 0.3) is 0 Å². The zero-order valence-corrected chi connectivity index (χ0v) is 9.18. The van der Waals surface area contributed by atoms with Gasteiger partial charge in [-0.3, -0.25) is 0 Å². The molecule has 72 valence electrons. The average molecular weight is 247 g/mol. The van der Waals surface area contributed by atoms with Crippen molar-refractivity contribution in [3.63, 3.8) is 0 Å². The lowest BCUT2D eigenvalue weighted by molar-refractivity contribution is 0.126. The number of aliphatic hydroxyl groups excluding tert-OH is 1. The average Bonchev–Trinajstić information content (AvgIpc) is 2.08. The Kier molecular flexibility index (Phi) is 3.45. The van der Waals surface area contributed by atoms with Crippen molar-refractivity contribution in [2.75, 3.05) is 0 Å². The van der Waals surface area contributed by atoms with Gasteiger partial charge in [-0.15, -0.1) is 0 Å². The highest BCUT2D eigenvalue weighted by Gasteiger charge is 2.15. The van der Waals surface area contributed by atoms with Crippen molar-refractivity contribution in [3.05, 3.63) is 34.1 Å². The first-order chi connectivity index (χ1) is 6.02. The molecule has 3 heteroatoms. The maximum atomic E-state index is 12.8. The third kappa shape index (κ3) is 2.51. The molecule has 0 heterocycles. The molecule has 0 amide bonds. The van der Waals surface area contributed by atoms with Crippen molar-refractivity contribution in [2.24, 2.45) is 5.92 Å². The van der Waals surface area contributed by atoms with Crippen LogP contribution in [0.5, 0.6) is 0 Å². The van der Waals surface area contributed by atoms with Gasteiger partial charge in [0.1, 0.15) is 5.82 Å². The zero-order valence-electron chi connectivity index (χ0n) is 7.59. The number of aliphatic hydroxyl groups is 1. The molecule has 13 heavy (non-hydrogen) atoms. The summed E-state index contributed by atoms with van der Waals surface area (Å²) < 4.78 is 13.6. The fourth-order valence-corrected chi connectivity index (χ4v) is 1.58. The summed E-state index contributed by atoms with van der Waals surface area (Å²) in [6.45, 7) is 3.78. The molecule has 1 aromatic rings. The first kappa shape index (κ1) is 10.7. The van der Waals surface area contributed by atoms with Crippen molar-refractivity contribution in [3.8, 4) is 0 Å². The van der Waals surface area contributed by atoms with E-state index in [0.29, 0.717) is 5.56 Å². The maximum Gasteiger partial charge on any atom is 0.123 e. The minimum absolute atomic E-state index is 0.0816. The van der Waals surface area contributed by atoms with Crippen LogP contribution in [0.3, 0.4) is 0 Å². The third-order valence-electron chi connectivity index (χ3n) is 1.91. The highest BCUT2D eigenvalue weighted by Crippen LogP contribution is 2.28. The molecule has 0 radical (unpaired) electrons. The second-order valence-corrected chi connectivity index (χ2v) is 4.21. The summed E-state index contributed by atoms with van der Waals surface area (Å²) in [6.07, 6.45) is -0.620. The van der Waals surface area contributed by atoms with Crippen LogP contribution in [0.25, 0.3) is 0 Å². The molecule has 1 N–H and O–H groups in total. The van der Waals surface area contributed by atoms with Crippen LogP contribution in [0.15, 0.2) is 22.7 Å². The van der Waals surface area contributed by atoms with E-state index in [0.717, 1.165) is 4.47 Å². The highest BCUT2D eigenvalue weighted by molar-refractivity contribution is 9.10. The Morgan fingerprint density at radius 1 is 1.38 bits per heavy atom. The minimum atomic E-state index is -0.620. The molecule has 0 fully saturated rings. The number of halogens is 2. The van der Waals surface area contributed by atoms with E-state index >= 15 is 0 Å². The molecule has 1 rings (SSSR count). The predicted octanol–water partition coefficient (Wildman–Crippen LogP) is 3.28. The fraction of sp³-hybridized carbons (Fsp3) is 0.400. The molecule has 0 aliphatic carbocycles. The highest BCUT2D eigenvalue weighted by atomic mass is 79.9. The van der Waals surface area contributed by atoms with Crippen LogP contribution in [-0.2, 0) is 0 Å². The monoisotopic (exact) mass is 246 g/mol. The Bertz CT molecular complexity index is 299. The lowest BCUT2D eigenvalue weighted by Crippen LogP contribution is -2.06. The molecule has 0 aromatic heterocycles. The summed E-state index contributed by atoms with van der Waals surface area (Å²) in [7, 11) is 0. The molecular weight excluding hydrogens is 235 g/mol. The first-order valence-electron chi connectivity index (χ1n) is 4.15. The SMILES string of the molecule is CC(C)C(O)c1cc(F)ccc1Br. The van der Waals surface area contributed by atoms with Crippen LogP contribution in [-0.4, -0.2) is 5.11 Å². The largest absolute Gasteiger partial charge is 0.388 e. The summed E-state index contributed by atoms with van der Waals surface area (Å²) in [5.74, 6) is -0.240. The summed E-state index contributed by atoms with van der Waals surface area (Å²) in [5.41, 5.74) is 0.606. The normalized spacial score (nSPS) is 13.4. The fourth-order valence-electron chi connectivity index (χ4n) is 1.10. The zero-order chi connectivity index (χ0) is 10.0. The standard InChI is InChI=1S/C10H12BrFO/c1-6(2)10(13)8-5-7(12)3-4-9(8)11/h3-6,10,13H,1-2H3. The van der Waals surface area contributed by atoms with Gasteiger partial charge in [-0.2, -0.15) is 0 Å². The summed E-state index contributed by atoms with van der Waals surface area (Å²) in [4.78, 5) is 0. The Morgan fingerprint density at radius 2 is 2.00 bits per heavy atom. The van der Waals surface area contributed by atoms with E-state index in [4.69, 9.17) is 0 Å². The van der Waals surface area contributed by atoms with Crippen LogP contribution in [0.2, 0.25) is 0 Å². The van der Waals surface area contributed by atoms with E-state index < -0.39 is 6.10 Å². The van der Waals surface area contributed by atoms with Gasteiger partial charge in [0, 0.05) is 4.47 Å². The van der Waals surface area contributed by atoms with Crippen molar-refractivity contribution in [1.82, 2.24) is 0 Å². The van der Waals surface area contributed by atoms with Gasteiger partial charge < -0.3 is 5.11 Å². The van der Waals surface area contributed by atoms with Crippen LogP contribution in [0, 0.1) is 11.7 Å². The van der Waals surface area contributed by atoms with E-state index in [1.54, 1.807) is 6.07 Å². The van der Waals surface area contributed by atoms with Gasteiger partial charge in [0.2, 0.25) is 0 Å². The summed E-state index contributed by atoms with van der Waals surface area (Å²) in [5, 5.41) is 9.71. The quantitative estimate of drug-likeness (QED) is 0.850.